The lowest BCUT2D eigenvalue weighted by atomic mass is 10.2. The SMILES string of the molecule is Cc1cc(Cl)c(NCCO)cc1F. The molecule has 0 unspecified atom stereocenters. The van der Waals surface area contributed by atoms with Crippen molar-refractivity contribution in [1.29, 1.82) is 0 Å². The average molecular weight is 204 g/mol. The van der Waals surface area contributed by atoms with E-state index in [0.717, 1.165) is 0 Å². The summed E-state index contributed by atoms with van der Waals surface area (Å²) in [5.41, 5.74) is 1.03. The number of aliphatic hydroxyl groups excluding tert-OH is 1. The smallest absolute Gasteiger partial charge is 0.128 e. The van der Waals surface area contributed by atoms with E-state index in [9.17, 15) is 4.39 Å². The van der Waals surface area contributed by atoms with E-state index in [2.05, 4.69) is 5.32 Å². The summed E-state index contributed by atoms with van der Waals surface area (Å²) in [5, 5.41) is 11.8. The van der Waals surface area contributed by atoms with Gasteiger partial charge < -0.3 is 10.4 Å². The Balaban J connectivity index is 2.88. The first-order valence-electron chi connectivity index (χ1n) is 3.95. The van der Waals surface area contributed by atoms with E-state index in [1.165, 1.54) is 6.07 Å². The summed E-state index contributed by atoms with van der Waals surface area (Å²) in [6, 6.07) is 2.88. The van der Waals surface area contributed by atoms with Crippen molar-refractivity contribution in [2.45, 2.75) is 6.92 Å². The molecule has 72 valence electrons. The van der Waals surface area contributed by atoms with Gasteiger partial charge in [-0.25, -0.2) is 4.39 Å². The molecule has 2 N–H and O–H groups in total. The van der Waals surface area contributed by atoms with Crippen molar-refractivity contribution in [3.63, 3.8) is 0 Å². The van der Waals surface area contributed by atoms with Crippen LogP contribution in [0.25, 0.3) is 0 Å². The van der Waals surface area contributed by atoms with Gasteiger partial charge in [-0.05, 0) is 24.6 Å². The zero-order valence-electron chi connectivity index (χ0n) is 7.27. The maximum Gasteiger partial charge on any atom is 0.128 e. The third-order valence-electron chi connectivity index (χ3n) is 1.68. The Hall–Kier alpha value is -0.800. The standard InChI is InChI=1S/C9H11ClFNO/c1-6-4-7(10)9(5-8(6)11)12-2-3-13/h4-5,12-13H,2-3H2,1H3. The molecule has 1 rings (SSSR count). The van der Waals surface area contributed by atoms with E-state index >= 15 is 0 Å². The van der Waals surface area contributed by atoms with Crippen molar-refractivity contribution in [3.05, 3.63) is 28.5 Å². The van der Waals surface area contributed by atoms with Crippen LogP contribution in [0.2, 0.25) is 5.02 Å². The molecule has 0 bridgehead atoms. The fourth-order valence-electron chi connectivity index (χ4n) is 0.972. The van der Waals surface area contributed by atoms with Gasteiger partial charge in [-0.1, -0.05) is 11.6 Å². The molecular formula is C9H11ClFNO. The Morgan fingerprint density at radius 1 is 1.54 bits per heavy atom. The van der Waals surface area contributed by atoms with Crippen molar-refractivity contribution in [1.82, 2.24) is 0 Å². The molecule has 0 saturated heterocycles. The topological polar surface area (TPSA) is 32.3 Å². The van der Waals surface area contributed by atoms with Gasteiger partial charge >= 0.3 is 0 Å². The molecule has 0 saturated carbocycles. The molecule has 2 nitrogen and oxygen atoms in total. The zero-order valence-corrected chi connectivity index (χ0v) is 8.03. The molecule has 1 aromatic carbocycles. The maximum absolute atomic E-state index is 13.0. The molecular weight excluding hydrogens is 193 g/mol. The summed E-state index contributed by atoms with van der Waals surface area (Å²) >= 11 is 5.83. The van der Waals surface area contributed by atoms with E-state index in [4.69, 9.17) is 16.7 Å². The molecule has 0 aromatic heterocycles. The highest BCUT2D eigenvalue weighted by Crippen LogP contribution is 2.24. The monoisotopic (exact) mass is 203 g/mol. The van der Waals surface area contributed by atoms with E-state index in [0.29, 0.717) is 22.8 Å². The van der Waals surface area contributed by atoms with Crippen LogP contribution in [0.3, 0.4) is 0 Å². The van der Waals surface area contributed by atoms with E-state index in [1.54, 1.807) is 13.0 Å². The van der Waals surface area contributed by atoms with Crippen LogP contribution in [0.1, 0.15) is 5.56 Å². The predicted octanol–water partition coefficient (Wildman–Crippen LogP) is 2.19. The third-order valence-corrected chi connectivity index (χ3v) is 1.99. The van der Waals surface area contributed by atoms with Crippen molar-refractivity contribution < 1.29 is 9.50 Å². The molecule has 1 aromatic rings. The Morgan fingerprint density at radius 3 is 2.85 bits per heavy atom. The summed E-state index contributed by atoms with van der Waals surface area (Å²) in [4.78, 5) is 0. The first-order chi connectivity index (χ1) is 6.15. The second-order valence-electron chi connectivity index (χ2n) is 2.73. The van der Waals surface area contributed by atoms with E-state index < -0.39 is 0 Å². The van der Waals surface area contributed by atoms with Crippen molar-refractivity contribution in [2.24, 2.45) is 0 Å². The number of halogens is 2. The number of benzene rings is 1. The number of nitrogens with one attached hydrogen (secondary N) is 1. The molecule has 0 spiro atoms. The molecule has 0 radical (unpaired) electrons. The number of aryl methyl sites for hydroxylation is 1. The number of aliphatic hydroxyl groups is 1. The second kappa shape index (κ2) is 4.44. The molecule has 0 atom stereocenters. The van der Waals surface area contributed by atoms with Gasteiger partial charge in [-0.3, -0.25) is 0 Å². The van der Waals surface area contributed by atoms with Gasteiger partial charge in [-0.2, -0.15) is 0 Å². The Bertz CT molecular complexity index is 304. The summed E-state index contributed by atoms with van der Waals surface area (Å²) in [6.45, 7) is 2.01. The van der Waals surface area contributed by atoms with Crippen LogP contribution in [-0.4, -0.2) is 18.3 Å². The predicted molar refractivity (Wildman–Crippen MR) is 51.7 cm³/mol. The molecule has 0 heterocycles. The minimum atomic E-state index is -0.301. The quantitative estimate of drug-likeness (QED) is 0.790. The Morgan fingerprint density at radius 2 is 2.23 bits per heavy atom. The van der Waals surface area contributed by atoms with Crippen LogP contribution in [-0.2, 0) is 0 Å². The molecule has 4 heteroatoms. The van der Waals surface area contributed by atoms with Gasteiger partial charge in [0.15, 0.2) is 0 Å². The lowest BCUT2D eigenvalue weighted by Crippen LogP contribution is -2.06. The van der Waals surface area contributed by atoms with Gasteiger partial charge in [0.25, 0.3) is 0 Å². The number of hydrogen-bond acceptors (Lipinski definition) is 2. The van der Waals surface area contributed by atoms with Crippen LogP contribution in [0, 0.1) is 12.7 Å². The van der Waals surface area contributed by atoms with Crippen LogP contribution in [0.15, 0.2) is 12.1 Å². The Kier molecular flexibility index (Phi) is 3.51. The highest BCUT2D eigenvalue weighted by molar-refractivity contribution is 6.33. The van der Waals surface area contributed by atoms with Gasteiger partial charge in [0.05, 0.1) is 17.3 Å². The average Bonchev–Trinajstić information content (AvgIpc) is 2.09. The summed E-state index contributed by atoms with van der Waals surface area (Å²) in [6.07, 6.45) is 0. The first kappa shape index (κ1) is 10.3. The van der Waals surface area contributed by atoms with Gasteiger partial charge in [0.1, 0.15) is 5.82 Å². The fourth-order valence-corrected chi connectivity index (χ4v) is 1.26. The van der Waals surface area contributed by atoms with Crippen LogP contribution < -0.4 is 5.32 Å². The van der Waals surface area contributed by atoms with E-state index in [-0.39, 0.29) is 12.4 Å². The maximum atomic E-state index is 13.0. The molecule has 0 fully saturated rings. The summed E-state index contributed by atoms with van der Waals surface area (Å²) < 4.78 is 13.0. The minimum Gasteiger partial charge on any atom is -0.395 e. The van der Waals surface area contributed by atoms with Crippen LogP contribution in [0.4, 0.5) is 10.1 Å². The molecule has 13 heavy (non-hydrogen) atoms. The van der Waals surface area contributed by atoms with Crippen molar-refractivity contribution in [3.8, 4) is 0 Å². The largest absolute Gasteiger partial charge is 0.395 e. The zero-order chi connectivity index (χ0) is 9.84. The number of hydrogen-bond donors (Lipinski definition) is 2. The lowest BCUT2D eigenvalue weighted by Gasteiger charge is -2.07. The highest BCUT2D eigenvalue weighted by atomic mass is 35.5. The van der Waals surface area contributed by atoms with Crippen LogP contribution >= 0.6 is 11.6 Å². The van der Waals surface area contributed by atoms with E-state index in [1.807, 2.05) is 0 Å². The second-order valence-corrected chi connectivity index (χ2v) is 3.14. The first-order valence-corrected chi connectivity index (χ1v) is 4.33. The third kappa shape index (κ3) is 2.57. The molecule has 0 aliphatic rings. The number of rotatable bonds is 3. The molecule has 0 aliphatic carbocycles. The van der Waals surface area contributed by atoms with Gasteiger partial charge in [0, 0.05) is 6.54 Å². The van der Waals surface area contributed by atoms with Crippen LogP contribution in [0.5, 0.6) is 0 Å². The molecule has 0 amide bonds. The van der Waals surface area contributed by atoms with Crippen molar-refractivity contribution >= 4 is 17.3 Å². The highest BCUT2D eigenvalue weighted by Gasteiger charge is 2.04. The Labute approximate surface area is 81.3 Å². The summed E-state index contributed by atoms with van der Waals surface area (Å²) in [7, 11) is 0. The fraction of sp³-hybridized carbons (Fsp3) is 0.333. The normalized spacial score (nSPS) is 10.2. The van der Waals surface area contributed by atoms with Crippen molar-refractivity contribution in [2.75, 3.05) is 18.5 Å². The lowest BCUT2D eigenvalue weighted by molar-refractivity contribution is 0.311. The number of anilines is 1. The molecule has 0 aliphatic heterocycles. The van der Waals surface area contributed by atoms with Gasteiger partial charge in [-0.15, -0.1) is 0 Å². The summed E-state index contributed by atoms with van der Waals surface area (Å²) in [5.74, 6) is -0.301. The minimum absolute atomic E-state index is 0.00811. The van der Waals surface area contributed by atoms with Gasteiger partial charge in [0.2, 0.25) is 0 Å².